The molecule has 0 aromatic carbocycles. The van der Waals surface area contributed by atoms with Crippen LogP contribution >= 0.6 is 0 Å². The maximum atomic E-state index is 9.44. The van der Waals surface area contributed by atoms with Crippen LogP contribution in [0.4, 0.5) is 0 Å². The molecule has 0 atom stereocenters. The van der Waals surface area contributed by atoms with E-state index in [0.717, 1.165) is 0 Å². The zero-order valence-electron chi connectivity index (χ0n) is 8.00. The molecule has 0 unspecified atom stereocenters. The average molecular weight is 186 g/mol. The third-order valence-corrected chi connectivity index (χ3v) is 1.39. The van der Waals surface area contributed by atoms with Gasteiger partial charge in [0.2, 0.25) is 0 Å². The van der Waals surface area contributed by atoms with Gasteiger partial charge < -0.3 is 19.7 Å². The molecular weight excluding hydrogens is 172 g/mol. The number of methoxy groups -OCH3 is 2. The molecule has 0 heterocycles. The largest absolute Gasteiger partial charge is 0.508 e. The predicted molar refractivity (Wildman–Crippen MR) is 49.2 cm³/mol. The normalized spacial score (nSPS) is 13.3. The van der Waals surface area contributed by atoms with E-state index in [0.29, 0.717) is 5.76 Å². The lowest BCUT2D eigenvalue weighted by Crippen LogP contribution is -1.97. The van der Waals surface area contributed by atoms with Crippen molar-refractivity contribution in [3.63, 3.8) is 0 Å². The Kier molecular flexibility index (Phi) is 4.51. The van der Waals surface area contributed by atoms with Crippen LogP contribution in [0.25, 0.3) is 0 Å². The van der Waals surface area contributed by atoms with E-state index in [-0.39, 0.29) is 17.3 Å². The van der Waals surface area contributed by atoms with Gasteiger partial charge in [-0.3, -0.25) is 0 Å². The lowest BCUT2D eigenvalue weighted by Gasteiger charge is -2.07. The second kappa shape index (κ2) is 5.13. The molecule has 4 heteroatoms. The summed E-state index contributed by atoms with van der Waals surface area (Å²) in [5.41, 5.74) is 0. The minimum Gasteiger partial charge on any atom is -0.508 e. The van der Waals surface area contributed by atoms with E-state index in [1.807, 2.05) is 0 Å². The maximum absolute atomic E-state index is 9.44. The van der Waals surface area contributed by atoms with Gasteiger partial charge in [0, 0.05) is 6.08 Å². The first-order valence-electron chi connectivity index (χ1n) is 3.60. The van der Waals surface area contributed by atoms with E-state index in [9.17, 15) is 5.11 Å². The molecule has 0 fully saturated rings. The summed E-state index contributed by atoms with van der Waals surface area (Å²) in [7, 11) is 2.79. The molecule has 2 N–H and O–H groups in total. The van der Waals surface area contributed by atoms with E-state index in [4.69, 9.17) is 14.6 Å². The van der Waals surface area contributed by atoms with Crippen LogP contribution in [0.3, 0.4) is 0 Å². The van der Waals surface area contributed by atoms with Crippen molar-refractivity contribution in [2.24, 2.45) is 0 Å². The Bertz CT molecular complexity index is 250. The predicted octanol–water partition coefficient (Wildman–Crippen LogP) is 2.02. The van der Waals surface area contributed by atoms with Gasteiger partial charge in [-0.05, 0) is 6.92 Å². The number of aliphatic hydroxyl groups excluding tert-OH is 2. The van der Waals surface area contributed by atoms with Crippen LogP contribution in [-0.2, 0) is 9.47 Å². The zero-order valence-corrected chi connectivity index (χ0v) is 8.00. The fraction of sp³-hybridized carbons (Fsp3) is 0.333. The fourth-order valence-electron chi connectivity index (χ4n) is 0.645. The van der Waals surface area contributed by atoms with Crippen molar-refractivity contribution in [3.05, 3.63) is 35.7 Å². The van der Waals surface area contributed by atoms with E-state index in [2.05, 4.69) is 6.58 Å². The topological polar surface area (TPSA) is 58.9 Å². The Morgan fingerprint density at radius 2 is 1.77 bits per heavy atom. The second-order valence-corrected chi connectivity index (χ2v) is 2.31. The van der Waals surface area contributed by atoms with E-state index in [1.165, 1.54) is 20.3 Å². The van der Waals surface area contributed by atoms with Crippen LogP contribution in [0.2, 0.25) is 0 Å². The van der Waals surface area contributed by atoms with Crippen LogP contribution in [-0.4, -0.2) is 24.4 Å². The Labute approximate surface area is 77.4 Å². The lowest BCUT2D eigenvalue weighted by atomic mass is 10.3. The van der Waals surface area contributed by atoms with Gasteiger partial charge in [0.25, 0.3) is 0 Å². The van der Waals surface area contributed by atoms with Crippen LogP contribution in [0.1, 0.15) is 6.92 Å². The van der Waals surface area contributed by atoms with Gasteiger partial charge in [0.1, 0.15) is 11.5 Å². The van der Waals surface area contributed by atoms with Gasteiger partial charge in [-0.2, -0.15) is 0 Å². The first-order chi connectivity index (χ1) is 6.02. The van der Waals surface area contributed by atoms with Crippen molar-refractivity contribution in [1.29, 1.82) is 0 Å². The summed E-state index contributed by atoms with van der Waals surface area (Å²) < 4.78 is 9.57. The summed E-state index contributed by atoms with van der Waals surface area (Å²) in [5.74, 6) is 0.0358. The summed E-state index contributed by atoms with van der Waals surface area (Å²) in [6, 6.07) is 0. The molecule has 0 radical (unpaired) electrons. The summed E-state index contributed by atoms with van der Waals surface area (Å²) in [6.45, 7) is 4.81. The van der Waals surface area contributed by atoms with E-state index >= 15 is 0 Å². The number of rotatable bonds is 4. The highest BCUT2D eigenvalue weighted by Crippen LogP contribution is 2.14. The molecule has 74 valence electrons. The number of aliphatic hydroxyl groups is 2. The smallest absolute Gasteiger partial charge is 0.196 e. The fourth-order valence-corrected chi connectivity index (χ4v) is 0.645. The standard InChI is InChI=1S/C9H14O4/c1-6(10)5-8(13-4)9(11)7(2)12-3/h5,10-11H,1H2,2-4H3/b8-5+,9-7-. The van der Waals surface area contributed by atoms with Gasteiger partial charge in [-0.15, -0.1) is 0 Å². The summed E-state index contributed by atoms with van der Waals surface area (Å²) in [4.78, 5) is 0. The number of hydrogen-bond donors (Lipinski definition) is 2. The Balaban J connectivity index is 4.89. The minimum atomic E-state index is -0.202. The van der Waals surface area contributed by atoms with Crippen LogP contribution in [0, 0.1) is 0 Å². The summed E-state index contributed by atoms with van der Waals surface area (Å²) in [6.07, 6.45) is 1.19. The zero-order chi connectivity index (χ0) is 10.4. The van der Waals surface area contributed by atoms with Crippen molar-refractivity contribution in [3.8, 4) is 0 Å². The molecule has 0 aliphatic carbocycles. The molecule has 0 saturated carbocycles. The molecule has 13 heavy (non-hydrogen) atoms. The molecule has 4 nitrogen and oxygen atoms in total. The second-order valence-electron chi connectivity index (χ2n) is 2.31. The molecule has 0 aromatic rings. The molecule has 0 amide bonds. The Hall–Kier alpha value is -1.58. The highest BCUT2D eigenvalue weighted by molar-refractivity contribution is 5.26. The third-order valence-electron chi connectivity index (χ3n) is 1.39. The summed E-state index contributed by atoms with van der Waals surface area (Å²) >= 11 is 0. The molecule has 0 aliphatic rings. The van der Waals surface area contributed by atoms with E-state index < -0.39 is 0 Å². The molecule has 0 spiro atoms. The van der Waals surface area contributed by atoms with Gasteiger partial charge in [-0.25, -0.2) is 0 Å². The van der Waals surface area contributed by atoms with E-state index in [1.54, 1.807) is 6.92 Å². The van der Waals surface area contributed by atoms with Crippen LogP contribution in [0.5, 0.6) is 0 Å². The minimum absolute atomic E-state index is 0.104. The van der Waals surface area contributed by atoms with Gasteiger partial charge in [0.15, 0.2) is 11.5 Å². The monoisotopic (exact) mass is 186 g/mol. The highest BCUT2D eigenvalue weighted by Gasteiger charge is 2.08. The van der Waals surface area contributed by atoms with Crippen molar-refractivity contribution >= 4 is 0 Å². The quantitative estimate of drug-likeness (QED) is 0.521. The van der Waals surface area contributed by atoms with Crippen LogP contribution < -0.4 is 0 Å². The van der Waals surface area contributed by atoms with Crippen molar-refractivity contribution in [2.45, 2.75) is 6.92 Å². The molecule has 0 aromatic heterocycles. The first kappa shape index (κ1) is 11.4. The number of hydrogen-bond acceptors (Lipinski definition) is 4. The van der Waals surface area contributed by atoms with Crippen molar-refractivity contribution in [2.75, 3.05) is 14.2 Å². The molecule has 0 bridgehead atoms. The molecule has 0 rings (SSSR count). The number of ether oxygens (including phenoxy) is 2. The first-order valence-corrected chi connectivity index (χ1v) is 3.60. The van der Waals surface area contributed by atoms with Gasteiger partial charge >= 0.3 is 0 Å². The van der Waals surface area contributed by atoms with Crippen molar-refractivity contribution in [1.82, 2.24) is 0 Å². The summed E-state index contributed by atoms with van der Waals surface area (Å²) in [5, 5.41) is 18.3. The van der Waals surface area contributed by atoms with Crippen molar-refractivity contribution < 1.29 is 19.7 Å². The molecular formula is C9H14O4. The Morgan fingerprint density at radius 3 is 2.08 bits per heavy atom. The lowest BCUT2D eigenvalue weighted by molar-refractivity contribution is 0.216. The average Bonchev–Trinajstić information content (AvgIpc) is 2.11. The SMILES string of the molecule is C=C(O)/C=C(OC)\C(O)=C(/C)OC. The number of allylic oxidation sites excluding steroid dienone is 2. The maximum Gasteiger partial charge on any atom is 0.196 e. The van der Waals surface area contributed by atoms with Gasteiger partial charge in [0.05, 0.1) is 14.2 Å². The highest BCUT2D eigenvalue weighted by atomic mass is 16.5. The van der Waals surface area contributed by atoms with Crippen LogP contribution in [0.15, 0.2) is 35.7 Å². The van der Waals surface area contributed by atoms with Gasteiger partial charge in [-0.1, -0.05) is 6.58 Å². The molecule has 0 aliphatic heterocycles. The Morgan fingerprint density at radius 1 is 1.23 bits per heavy atom. The third kappa shape index (κ3) is 3.55. The molecule has 0 saturated heterocycles.